The molecular weight excluding hydrogens is 208 g/mol. The Labute approximate surface area is 105 Å². The number of rotatable bonds is 5. The average Bonchev–Trinajstić information content (AvgIpc) is 2.55. The first-order valence-corrected chi connectivity index (χ1v) is 6.51. The van der Waals surface area contributed by atoms with Crippen molar-refractivity contribution >= 4 is 5.78 Å². The Bertz CT molecular complexity index is 376. The summed E-state index contributed by atoms with van der Waals surface area (Å²) in [5, 5.41) is 0. The SMILES string of the molecule is CC(C)=CCC/C(C)=C/CC1=C(C)CCC1=O. The molecule has 0 heterocycles. The molecule has 0 aromatic heterocycles. The summed E-state index contributed by atoms with van der Waals surface area (Å²) in [7, 11) is 0. The van der Waals surface area contributed by atoms with Gasteiger partial charge in [0.05, 0.1) is 0 Å². The van der Waals surface area contributed by atoms with Gasteiger partial charge in [0.1, 0.15) is 0 Å². The molecule has 1 aliphatic rings. The summed E-state index contributed by atoms with van der Waals surface area (Å²) in [5.41, 5.74) is 5.12. The van der Waals surface area contributed by atoms with Gasteiger partial charge in [0.25, 0.3) is 0 Å². The fraction of sp³-hybridized carbons (Fsp3) is 0.562. The molecule has 0 bridgehead atoms. The van der Waals surface area contributed by atoms with E-state index >= 15 is 0 Å². The molecule has 17 heavy (non-hydrogen) atoms. The maximum absolute atomic E-state index is 11.6. The van der Waals surface area contributed by atoms with Crippen LogP contribution in [0.5, 0.6) is 0 Å². The predicted octanol–water partition coefficient (Wildman–Crippen LogP) is 4.75. The second-order valence-electron chi connectivity index (χ2n) is 5.26. The second kappa shape index (κ2) is 6.58. The molecule has 0 N–H and O–H groups in total. The van der Waals surface area contributed by atoms with E-state index in [9.17, 15) is 4.79 Å². The lowest BCUT2D eigenvalue weighted by atomic mass is 10.0. The van der Waals surface area contributed by atoms with Crippen LogP contribution >= 0.6 is 0 Å². The molecule has 94 valence electrons. The summed E-state index contributed by atoms with van der Waals surface area (Å²) >= 11 is 0. The van der Waals surface area contributed by atoms with E-state index in [1.54, 1.807) is 0 Å². The highest BCUT2D eigenvalue weighted by Crippen LogP contribution is 2.25. The Morgan fingerprint density at radius 2 is 1.88 bits per heavy atom. The van der Waals surface area contributed by atoms with Crippen molar-refractivity contribution in [2.75, 3.05) is 0 Å². The lowest BCUT2D eigenvalue weighted by Gasteiger charge is -2.01. The van der Waals surface area contributed by atoms with Gasteiger partial charge in [0.2, 0.25) is 0 Å². The molecule has 0 saturated heterocycles. The Morgan fingerprint density at radius 3 is 2.41 bits per heavy atom. The zero-order valence-corrected chi connectivity index (χ0v) is 11.6. The third-order valence-corrected chi connectivity index (χ3v) is 3.32. The van der Waals surface area contributed by atoms with Crippen molar-refractivity contribution in [3.8, 4) is 0 Å². The van der Waals surface area contributed by atoms with Gasteiger partial charge in [0, 0.05) is 6.42 Å². The van der Waals surface area contributed by atoms with Crippen LogP contribution in [0.4, 0.5) is 0 Å². The topological polar surface area (TPSA) is 17.1 Å². The molecule has 1 nitrogen and oxygen atoms in total. The Balaban J connectivity index is 2.45. The van der Waals surface area contributed by atoms with E-state index in [2.05, 4.69) is 39.8 Å². The predicted molar refractivity (Wildman–Crippen MR) is 74.0 cm³/mol. The minimum absolute atomic E-state index is 0.357. The molecule has 0 atom stereocenters. The van der Waals surface area contributed by atoms with E-state index in [0.29, 0.717) is 5.78 Å². The summed E-state index contributed by atoms with van der Waals surface area (Å²) < 4.78 is 0. The van der Waals surface area contributed by atoms with Gasteiger partial charge in [-0.2, -0.15) is 0 Å². The first-order chi connectivity index (χ1) is 8.00. The highest BCUT2D eigenvalue weighted by molar-refractivity contribution is 5.98. The summed E-state index contributed by atoms with van der Waals surface area (Å²) in [6.07, 6.45) is 9.24. The molecule has 0 aliphatic heterocycles. The molecule has 0 amide bonds. The number of allylic oxidation sites excluding steroid dienone is 6. The summed E-state index contributed by atoms with van der Waals surface area (Å²) in [4.78, 5) is 11.6. The van der Waals surface area contributed by atoms with Crippen molar-refractivity contribution in [2.24, 2.45) is 0 Å². The van der Waals surface area contributed by atoms with Gasteiger partial charge >= 0.3 is 0 Å². The first kappa shape index (κ1) is 14.0. The van der Waals surface area contributed by atoms with E-state index in [4.69, 9.17) is 0 Å². The quantitative estimate of drug-likeness (QED) is 0.625. The molecule has 0 fully saturated rings. The van der Waals surface area contributed by atoms with Gasteiger partial charge in [0.15, 0.2) is 5.78 Å². The van der Waals surface area contributed by atoms with Crippen LogP contribution < -0.4 is 0 Å². The Hall–Kier alpha value is -1.11. The van der Waals surface area contributed by atoms with Gasteiger partial charge < -0.3 is 0 Å². The van der Waals surface area contributed by atoms with Crippen molar-refractivity contribution in [2.45, 2.75) is 59.8 Å². The highest BCUT2D eigenvalue weighted by Gasteiger charge is 2.18. The minimum Gasteiger partial charge on any atom is -0.295 e. The Kier molecular flexibility index (Phi) is 5.40. The summed E-state index contributed by atoms with van der Waals surface area (Å²) in [6, 6.07) is 0. The lowest BCUT2D eigenvalue weighted by Crippen LogP contribution is -1.95. The molecule has 0 aromatic carbocycles. The third-order valence-electron chi connectivity index (χ3n) is 3.32. The van der Waals surface area contributed by atoms with E-state index in [0.717, 1.165) is 37.7 Å². The van der Waals surface area contributed by atoms with Crippen LogP contribution in [0.1, 0.15) is 59.8 Å². The number of carbonyl (C=O) groups is 1. The first-order valence-electron chi connectivity index (χ1n) is 6.51. The minimum atomic E-state index is 0.357. The van der Waals surface area contributed by atoms with E-state index < -0.39 is 0 Å². The van der Waals surface area contributed by atoms with Crippen LogP contribution in [-0.2, 0) is 4.79 Å². The van der Waals surface area contributed by atoms with Crippen molar-refractivity contribution in [1.29, 1.82) is 0 Å². The van der Waals surface area contributed by atoms with Crippen LogP contribution in [0.2, 0.25) is 0 Å². The van der Waals surface area contributed by atoms with E-state index in [1.807, 2.05) is 0 Å². The molecule has 0 spiro atoms. The molecule has 0 aromatic rings. The lowest BCUT2D eigenvalue weighted by molar-refractivity contribution is -0.114. The van der Waals surface area contributed by atoms with Crippen LogP contribution in [0.3, 0.4) is 0 Å². The van der Waals surface area contributed by atoms with Crippen molar-refractivity contribution in [3.05, 3.63) is 34.4 Å². The monoisotopic (exact) mass is 232 g/mol. The smallest absolute Gasteiger partial charge is 0.159 e. The second-order valence-corrected chi connectivity index (χ2v) is 5.26. The van der Waals surface area contributed by atoms with Crippen LogP contribution in [0.25, 0.3) is 0 Å². The maximum atomic E-state index is 11.6. The van der Waals surface area contributed by atoms with Crippen LogP contribution in [-0.4, -0.2) is 5.78 Å². The van der Waals surface area contributed by atoms with Gasteiger partial charge in [-0.25, -0.2) is 0 Å². The van der Waals surface area contributed by atoms with Crippen molar-refractivity contribution in [1.82, 2.24) is 0 Å². The molecule has 0 unspecified atom stereocenters. The standard InChI is InChI=1S/C16H24O/c1-12(2)6-5-7-13(3)8-10-15-14(4)9-11-16(15)17/h6,8H,5,7,9-11H2,1-4H3/b13-8+. The largest absolute Gasteiger partial charge is 0.295 e. The average molecular weight is 232 g/mol. The molecule has 1 aliphatic carbocycles. The molecule has 1 rings (SSSR count). The molecular formula is C16H24O. The molecule has 0 radical (unpaired) electrons. The summed E-state index contributed by atoms with van der Waals surface area (Å²) in [5.74, 6) is 0.357. The van der Waals surface area contributed by atoms with Gasteiger partial charge in [-0.05, 0) is 59.0 Å². The van der Waals surface area contributed by atoms with Crippen LogP contribution in [0, 0.1) is 0 Å². The number of hydrogen-bond acceptors (Lipinski definition) is 1. The van der Waals surface area contributed by atoms with Crippen molar-refractivity contribution < 1.29 is 4.79 Å². The third kappa shape index (κ3) is 4.72. The summed E-state index contributed by atoms with van der Waals surface area (Å²) in [6.45, 7) is 8.51. The normalized spacial score (nSPS) is 16.7. The van der Waals surface area contributed by atoms with Crippen molar-refractivity contribution in [3.63, 3.8) is 0 Å². The number of carbonyl (C=O) groups excluding carboxylic acids is 1. The van der Waals surface area contributed by atoms with E-state index in [-0.39, 0.29) is 0 Å². The fourth-order valence-corrected chi connectivity index (χ4v) is 2.10. The molecule has 0 saturated carbocycles. The van der Waals surface area contributed by atoms with Crippen LogP contribution in [0.15, 0.2) is 34.4 Å². The van der Waals surface area contributed by atoms with Gasteiger partial charge in [-0.3, -0.25) is 4.79 Å². The molecule has 1 heteroatoms. The van der Waals surface area contributed by atoms with E-state index in [1.165, 1.54) is 16.7 Å². The zero-order chi connectivity index (χ0) is 12.8. The number of Topliss-reactive ketones (excluding diaryl/α,β-unsaturated/α-hetero) is 1. The fourth-order valence-electron chi connectivity index (χ4n) is 2.10. The maximum Gasteiger partial charge on any atom is 0.159 e. The highest BCUT2D eigenvalue weighted by atomic mass is 16.1. The van der Waals surface area contributed by atoms with Gasteiger partial charge in [-0.15, -0.1) is 0 Å². The number of ketones is 1. The zero-order valence-electron chi connectivity index (χ0n) is 11.6. The number of hydrogen-bond donors (Lipinski definition) is 0. The van der Waals surface area contributed by atoms with Gasteiger partial charge in [-0.1, -0.05) is 28.9 Å². The Morgan fingerprint density at radius 1 is 1.18 bits per heavy atom.